The van der Waals surface area contributed by atoms with Crippen molar-refractivity contribution in [2.24, 2.45) is 17.4 Å². The molecule has 3 amide bonds. The maximum absolute atomic E-state index is 11.3. The van der Waals surface area contributed by atoms with Crippen LogP contribution in [0.4, 0.5) is 4.79 Å². The average molecular weight is 185 g/mol. The van der Waals surface area contributed by atoms with E-state index < -0.39 is 6.03 Å². The highest BCUT2D eigenvalue weighted by molar-refractivity contribution is 5.94. The third-order valence-corrected chi connectivity index (χ3v) is 2.33. The van der Waals surface area contributed by atoms with Gasteiger partial charge < -0.3 is 11.5 Å². The summed E-state index contributed by atoms with van der Waals surface area (Å²) in [5.41, 5.74) is 10.5. The lowest BCUT2D eigenvalue weighted by molar-refractivity contribution is -0.124. The quantitative estimate of drug-likeness (QED) is 0.523. The van der Waals surface area contributed by atoms with Crippen LogP contribution in [0.15, 0.2) is 0 Å². The van der Waals surface area contributed by atoms with Crippen molar-refractivity contribution in [3.63, 3.8) is 0 Å². The zero-order chi connectivity index (χ0) is 9.84. The minimum Gasteiger partial charge on any atom is -0.351 e. The number of hydrogen-bond acceptors (Lipinski definition) is 3. The van der Waals surface area contributed by atoms with Crippen molar-refractivity contribution in [3.05, 3.63) is 0 Å². The van der Waals surface area contributed by atoms with Crippen LogP contribution in [-0.2, 0) is 4.79 Å². The highest BCUT2D eigenvalue weighted by atomic mass is 16.2. The van der Waals surface area contributed by atoms with E-state index >= 15 is 0 Å². The summed E-state index contributed by atoms with van der Waals surface area (Å²) in [6.45, 7) is 0. The predicted molar refractivity (Wildman–Crippen MR) is 47.7 cm³/mol. The molecule has 0 heterocycles. The maximum atomic E-state index is 11.3. The second kappa shape index (κ2) is 4.23. The average Bonchev–Trinajstić information content (AvgIpc) is 2.03. The summed E-state index contributed by atoms with van der Waals surface area (Å²) in [6.07, 6.45) is 3.35. The third kappa shape index (κ3) is 3.02. The van der Waals surface area contributed by atoms with Crippen LogP contribution in [0.3, 0.4) is 0 Å². The van der Waals surface area contributed by atoms with Gasteiger partial charge in [0.15, 0.2) is 0 Å². The van der Waals surface area contributed by atoms with Gasteiger partial charge in [-0.05, 0) is 19.3 Å². The molecule has 2 unspecified atom stereocenters. The first-order valence-electron chi connectivity index (χ1n) is 4.45. The van der Waals surface area contributed by atoms with Gasteiger partial charge >= 0.3 is 6.03 Å². The molecule has 1 aliphatic rings. The van der Waals surface area contributed by atoms with E-state index in [1.165, 1.54) is 0 Å². The molecule has 5 heteroatoms. The largest absolute Gasteiger partial charge is 0.351 e. The lowest BCUT2D eigenvalue weighted by Crippen LogP contribution is -2.42. The van der Waals surface area contributed by atoms with Gasteiger partial charge in [0.05, 0.1) is 0 Å². The molecule has 0 aromatic heterocycles. The maximum Gasteiger partial charge on any atom is 0.318 e. The van der Waals surface area contributed by atoms with Crippen LogP contribution >= 0.6 is 0 Å². The lowest BCUT2D eigenvalue weighted by Gasteiger charge is -2.24. The fraction of sp³-hybridized carbons (Fsp3) is 0.750. The zero-order valence-electron chi connectivity index (χ0n) is 7.45. The number of hydrogen-bond donors (Lipinski definition) is 3. The number of nitrogens with one attached hydrogen (secondary N) is 1. The Morgan fingerprint density at radius 1 is 1.31 bits per heavy atom. The van der Waals surface area contributed by atoms with Crippen molar-refractivity contribution >= 4 is 11.9 Å². The van der Waals surface area contributed by atoms with Crippen LogP contribution in [0.25, 0.3) is 0 Å². The first kappa shape index (κ1) is 9.98. The molecule has 5 N–H and O–H groups in total. The van der Waals surface area contributed by atoms with Crippen LogP contribution in [0.1, 0.15) is 25.7 Å². The Hall–Kier alpha value is -1.10. The van der Waals surface area contributed by atoms with E-state index in [9.17, 15) is 9.59 Å². The Morgan fingerprint density at radius 3 is 2.54 bits per heavy atom. The van der Waals surface area contributed by atoms with E-state index in [1.807, 2.05) is 0 Å². The van der Waals surface area contributed by atoms with Gasteiger partial charge in [-0.15, -0.1) is 0 Å². The van der Waals surface area contributed by atoms with Crippen molar-refractivity contribution in [1.29, 1.82) is 0 Å². The zero-order valence-corrected chi connectivity index (χ0v) is 7.45. The van der Waals surface area contributed by atoms with E-state index in [4.69, 9.17) is 11.5 Å². The molecular weight excluding hydrogens is 170 g/mol. The molecule has 1 saturated carbocycles. The lowest BCUT2D eigenvalue weighted by atomic mass is 9.85. The fourth-order valence-corrected chi connectivity index (χ4v) is 1.69. The highest BCUT2D eigenvalue weighted by Crippen LogP contribution is 2.22. The summed E-state index contributed by atoms with van der Waals surface area (Å²) >= 11 is 0. The summed E-state index contributed by atoms with van der Waals surface area (Å²) in [5, 5.41) is 2.08. The van der Waals surface area contributed by atoms with Crippen LogP contribution in [0.2, 0.25) is 0 Å². The molecule has 0 bridgehead atoms. The third-order valence-electron chi connectivity index (χ3n) is 2.33. The van der Waals surface area contributed by atoms with Crippen LogP contribution in [-0.4, -0.2) is 18.0 Å². The van der Waals surface area contributed by atoms with E-state index in [-0.39, 0.29) is 17.9 Å². The Morgan fingerprint density at radius 2 is 2.00 bits per heavy atom. The number of carbonyl (C=O) groups is 2. The molecule has 5 nitrogen and oxygen atoms in total. The van der Waals surface area contributed by atoms with Crippen LogP contribution in [0, 0.1) is 5.92 Å². The number of imide groups is 1. The molecule has 1 aliphatic carbocycles. The number of nitrogens with two attached hydrogens (primary N) is 2. The second-order valence-corrected chi connectivity index (χ2v) is 3.48. The minimum atomic E-state index is -0.788. The van der Waals surface area contributed by atoms with Gasteiger partial charge in [0.2, 0.25) is 5.91 Å². The molecule has 74 valence electrons. The SMILES string of the molecule is NC(=O)NC(=O)C1CCCC(N)C1. The van der Waals surface area contributed by atoms with E-state index in [2.05, 4.69) is 5.32 Å². The first-order chi connectivity index (χ1) is 6.09. The van der Waals surface area contributed by atoms with Gasteiger partial charge in [0.1, 0.15) is 0 Å². The van der Waals surface area contributed by atoms with Crippen molar-refractivity contribution in [1.82, 2.24) is 5.32 Å². The molecule has 1 rings (SSSR count). The Labute approximate surface area is 76.8 Å². The topological polar surface area (TPSA) is 98.2 Å². The van der Waals surface area contributed by atoms with E-state index in [0.717, 1.165) is 19.3 Å². The summed E-state index contributed by atoms with van der Waals surface area (Å²) < 4.78 is 0. The smallest absolute Gasteiger partial charge is 0.318 e. The molecule has 13 heavy (non-hydrogen) atoms. The molecule has 1 fully saturated rings. The number of amides is 3. The van der Waals surface area contributed by atoms with Crippen LogP contribution < -0.4 is 16.8 Å². The standard InChI is InChI=1S/C8H15N3O2/c9-6-3-1-2-5(4-6)7(12)11-8(10)13/h5-6H,1-4,9H2,(H3,10,11,12,13). The van der Waals surface area contributed by atoms with Gasteiger partial charge in [0.25, 0.3) is 0 Å². The number of rotatable bonds is 1. The Balaban J connectivity index is 2.41. The molecule has 0 aromatic carbocycles. The van der Waals surface area contributed by atoms with Gasteiger partial charge in [0, 0.05) is 12.0 Å². The van der Waals surface area contributed by atoms with E-state index in [1.54, 1.807) is 0 Å². The van der Waals surface area contributed by atoms with Gasteiger partial charge in [-0.3, -0.25) is 10.1 Å². The molecule has 0 aromatic rings. The second-order valence-electron chi connectivity index (χ2n) is 3.48. The van der Waals surface area contributed by atoms with Crippen molar-refractivity contribution in [3.8, 4) is 0 Å². The first-order valence-corrected chi connectivity index (χ1v) is 4.45. The van der Waals surface area contributed by atoms with Crippen molar-refractivity contribution < 1.29 is 9.59 Å². The van der Waals surface area contributed by atoms with Crippen LogP contribution in [0.5, 0.6) is 0 Å². The van der Waals surface area contributed by atoms with Gasteiger partial charge in [-0.1, -0.05) is 6.42 Å². The summed E-state index contributed by atoms with van der Waals surface area (Å²) in [5.74, 6) is -0.432. The number of carbonyl (C=O) groups excluding carboxylic acids is 2. The van der Waals surface area contributed by atoms with Gasteiger partial charge in [-0.25, -0.2) is 4.79 Å². The number of urea groups is 1. The molecule has 0 aliphatic heterocycles. The monoisotopic (exact) mass is 185 g/mol. The minimum absolute atomic E-state index is 0.0809. The Kier molecular flexibility index (Phi) is 3.25. The summed E-state index contributed by atoms with van der Waals surface area (Å²) in [6, 6.07) is -0.707. The fourth-order valence-electron chi connectivity index (χ4n) is 1.69. The number of primary amides is 1. The molecule has 0 radical (unpaired) electrons. The summed E-state index contributed by atoms with van der Waals surface area (Å²) in [4.78, 5) is 21.7. The normalized spacial score (nSPS) is 28.1. The molecule has 0 spiro atoms. The summed E-state index contributed by atoms with van der Waals surface area (Å²) in [7, 11) is 0. The predicted octanol–water partition coefficient (Wildman–Crippen LogP) is -0.301. The Bertz CT molecular complexity index is 217. The van der Waals surface area contributed by atoms with E-state index in [0.29, 0.717) is 6.42 Å². The molecular formula is C8H15N3O2. The van der Waals surface area contributed by atoms with Gasteiger partial charge in [-0.2, -0.15) is 0 Å². The molecule has 0 saturated heterocycles. The van der Waals surface area contributed by atoms with Crippen molar-refractivity contribution in [2.75, 3.05) is 0 Å². The molecule has 2 atom stereocenters. The van der Waals surface area contributed by atoms with Crippen molar-refractivity contribution in [2.45, 2.75) is 31.7 Å². The highest BCUT2D eigenvalue weighted by Gasteiger charge is 2.25.